The van der Waals surface area contributed by atoms with E-state index in [9.17, 15) is 0 Å². The fourth-order valence-corrected chi connectivity index (χ4v) is 1.38. The van der Waals surface area contributed by atoms with E-state index < -0.39 is 0 Å². The minimum absolute atomic E-state index is 0.0659. The van der Waals surface area contributed by atoms with Crippen LogP contribution in [0.15, 0.2) is 36.9 Å². The van der Waals surface area contributed by atoms with Crippen LogP contribution in [0.1, 0.15) is 30.0 Å². The summed E-state index contributed by atoms with van der Waals surface area (Å²) < 4.78 is 0. The second kappa shape index (κ2) is 5.21. The summed E-state index contributed by atoms with van der Waals surface area (Å²) in [6, 6.07) is 9.54. The molecule has 72 valence electrons. The number of nitrogens with two attached hydrogens (primary N) is 1. The summed E-state index contributed by atoms with van der Waals surface area (Å²) in [7, 11) is 0. The highest BCUT2D eigenvalue weighted by Gasteiger charge is 2.08. The van der Waals surface area contributed by atoms with Crippen molar-refractivity contribution in [2.45, 2.75) is 18.9 Å². The van der Waals surface area contributed by atoms with Crippen LogP contribution in [0, 0.1) is 11.3 Å². The Balaban J connectivity index is 2.83. The lowest BCUT2D eigenvalue weighted by atomic mass is 9.98. The van der Waals surface area contributed by atoms with Crippen LogP contribution in [-0.2, 0) is 0 Å². The second-order valence-corrected chi connectivity index (χ2v) is 3.17. The molecule has 2 heteroatoms. The van der Waals surface area contributed by atoms with Gasteiger partial charge in [0.2, 0.25) is 0 Å². The number of nitriles is 1. The molecule has 0 spiro atoms. The van der Waals surface area contributed by atoms with E-state index in [2.05, 4.69) is 12.6 Å². The molecule has 14 heavy (non-hydrogen) atoms. The molecule has 1 aromatic rings. The Morgan fingerprint density at radius 3 is 2.86 bits per heavy atom. The summed E-state index contributed by atoms with van der Waals surface area (Å²) in [5.41, 5.74) is 7.56. The van der Waals surface area contributed by atoms with E-state index in [1.165, 1.54) is 0 Å². The maximum Gasteiger partial charge on any atom is 0.0995 e. The predicted molar refractivity (Wildman–Crippen MR) is 57.5 cm³/mol. The van der Waals surface area contributed by atoms with Crippen LogP contribution >= 0.6 is 0 Å². The molecular formula is C12H14N2. The normalized spacial score (nSPS) is 11.7. The fraction of sp³-hybridized carbons (Fsp3) is 0.250. The lowest BCUT2D eigenvalue weighted by Crippen LogP contribution is -2.11. The van der Waals surface area contributed by atoms with Crippen molar-refractivity contribution in [3.05, 3.63) is 48.0 Å². The molecule has 1 aromatic carbocycles. The van der Waals surface area contributed by atoms with Gasteiger partial charge in [-0.25, -0.2) is 0 Å². The smallest absolute Gasteiger partial charge is 0.0995 e. The van der Waals surface area contributed by atoms with Gasteiger partial charge in [0.15, 0.2) is 0 Å². The van der Waals surface area contributed by atoms with Crippen molar-refractivity contribution in [3.63, 3.8) is 0 Å². The zero-order chi connectivity index (χ0) is 10.4. The fourth-order valence-electron chi connectivity index (χ4n) is 1.38. The first-order chi connectivity index (χ1) is 6.79. The summed E-state index contributed by atoms with van der Waals surface area (Å²) in [6.45, 7) is 3.65. The number of nitrogens with zero attached hydrogens (tertiary/aromatic N) is 1. The molecule has 0 saturated heterocycles. The molecule has 0 aromatic heterocycles. The molecule has 0 saturated carbocycles. The van der Waals surface area contributed by atoms with E-state index in [1.54, 1.807) is 6.07 Å². The Labute approximate surface area is 84.7 Å². The van der Waals surface area contributed by atoms with Crippen molar-refractivity contribution < 1.29 is 0 Å². The van der Waals surface area contributed by atoms with Gasteiger partial charge in [-0.1, -0.05) is 24.3 Å². The van der Waals surface area contributed by atoms with Gasteiger partial charge in [0.05, 0.1) is 11.6 Å². The van der Waals surface area contributed by atoms with Crippen molar-refractivity contribution in [2.75, 3.05) is 0 Å². The first-order valence-corrected chi connectivity index (χ1v) is 4.65. The highest BCUT2D eigenvalue weighted by molar-refractivity contribution is 5.39. The molecule has 0 amide bonds. The summed E-state index contributed by atoms with van der Waals surface area (Å²) in [5, 5.41) is 8.87. The Bertz CT molecular complexity index is 350. The Morgan fingerprint density at radius 1 is 1.50 bits per heavy atom. The van der Waals surface area contributed by atoms with Gasteiger partial charge >= 0.3 is 0 Å². The maximum absolute atomic E-state index is 8.87. The highest BCUT2D eigenvalue weighted by Crippen LogP contribution is 2.19. The van der Waals surface area contributed by atoms with Crippen molar-refractivity contribution in [2.24, 2.45) is 5.73 Å². The van der Waals surface area contributed by atoms with Crippen molar-refractivity contribution in [3.8, 4) is 6.07 Å². The average molecular weight is 186 g/mol. The van der Waals surface area contributed by atoms with E-state index in [1.807, 2.05) is 24.3 Å². The largest absolute Gasteiger partial charge is 0.324 e. The Morgan fingerprint density at radius 2 is 2.21 bits per heavy atom. The number of hydrogen-bond donors (Lipinski definition) is 1. The lowest BCUT2D eigenvalue weighted by Gasteiger charge is -2.11. The van der Waals surface area contributed by atoms with Crippen LogP contribution in [0.25, 0.3) is 0 Å². The molecule has 0 fully saturated rings. The van der Waals surface area contributed by atoms with Gasteiger partial charge in [0.25, 0.3) is 0 Å². The zero-order valence-electron chi connectivity index (χ0n) is 8.11. The van der Waals surface area contributed by atoms with E-state index in [0.717, 1.165) is 18.4 Å². The molecule has 1 atom stereocenters. The molecule has 2 N–H and O–H groups in total. The van der Waals surface area contributed by atoms with Crippen LogP contribution < -0.4 is 5.73 Å². The van der Waals surface area contributed by atoms with Gasteiger partial charge in [0, 0.05) is 6.04 Å². The third-order valence-electron chi connectivity index (χ3n) is 2.16. The van der Waals surface area contributed by atoms with Crippen molar-refractivity contribution in [1.29, 1.82) is 5.26 Å². The number of rotatable bonds is 4. The molecule has 0 heterocycles. The molecule has 0 aliphatic carbocycles. The third kappa shape index (κ3) is 2.45. The number of hydrogen-bond acceptors (Lipinski definition) is 2. The van der Waals surface area contributed by atoms with Crippen molar-refractivity contribution >= 4 is 0 Å². The minimum atomic E-state index is -0.0659. The second-order valence-electron chi connectivity index (χ2n) is 3.17. The van der Waals surface area contributed by atoms with Gasteiger partial charge in [-0.3, -0.25) is 0 Å². The van der Waals surface area contributed by atoms with E-state index in [-0.39, 0.29) is 6.04 Å². The van der Waals surface area contributed by atoms with Crippen LogP contribution in [0.2, 0.25) is 0 Å². The molecule has 0 unspecified atom stereocenters. The zero-order valence-corrected chi connectivity index (χ0v) is 8.11. The molecular weight excluding hydrogens is 172 g/mol. The molecule has 0 radical (unpaired) electrons. The lowest BCUT2D eigenvalue weighted by molar-refractivity contribution is 0.660. The minimum Gasteiger partial charge on any atom is -0.324 e. The summed E-state index contributed by atoms with van der Waals surface area (Å²) in [4.78, 5) is 0. The molecule has 1 rings (SSSR count). The SMILES string of the molecule is C=CCC[C@H](N)c1ccccc1C#N. The van der Waals surface area contributed by atoms with Gasteiger partial charge < -0.3 is 5.73 Å². The van der Waals surface area contributed by atoms with Crippen LogP contribution in [-0.4, -0.2) is 0 Å². The van der Waals surface area contributed by atoms with Gasteiger partial charge in [0.1, 0.15) is 0 Å². The molecule has 0 aliphatic rings. The average Bonchev–Trinajstić information content (AvgIpc) is 2.25. The van der Waals surface area contributed by atoms with Crippen LogP contribution in [0.4, 0.5) is 0 Å². The number of allylic oxidation sites excluding steroid dienone is 1. The van der Waals surface area contributed by atoms with E-state index >= 15 is 0 Å². The van der Waals surface area contributed by atoms with Gasteiger partial charge in [-0.15, -0.1) is 6.58 Å². The molecule has 0 aliphatic heterocycles. The Kier molecular flexibility index (Phi) is 3.90. The summed E-state index contributed by atoms with van der Waals surface area (Å²) in [6.07, 6.45) is 3.55. The Hall–Kier alpha value is -1.59. The van der Waals surface area contributed by atoms with Crippen molar-refractivity contribution in [1.82, 2.24) is 0 Å². The number of benzene rings is 1. The monoisotopic (exact) mass is 186 g/mol. The van der Waals surface area contributed by atoms with Gasteiger partial charge in [-0.2, -0.15) is 5.26 Å². The quantitative estimate of drug-likeness (QED) is 0.734. The van der Waals surface area contributed by atoms with E-state index in [4.69, 9.17) is 11.0 Å². The molecule has 0 bridgehead atoms. The summed E-state index contributed by atoms with van der Waals surface area (Å²) >= 11 is 0. The first-order valence-electron chi connectivity index (χ1n) is 4.65. The summed E-state index contributed by atoms with van der Waals surface area (Å²) in [5.74, 6) is 0. The van der Waals surface area contributed by atoms with Crippen LogP contribution in [0.5, 0.6) is 0 Å². The van der Waals surface area contributed by atoms with Crippen LogP contribution in [0.3, 0.4) is 0 Å². The van der Waals surface area contributed by atoms with Gasteiger partial charge in [-0.05, 0) is 24.5 Å². The topological polar surface area (TPSA) is 49.8 Å². The first kappa shape index (κ1) is 10.5. The van der Waals surface area contributed by atoms with E-state index in [0.29, 0.717) is 5.56 Å². The standard InChI is InChI=1S/C12H14N2/c1-2-3-8-12(14)11-7-5-4-6-10(11)9-13/h2,4-7,12H,1,3,8,14H2/t12-/m0/s1. The third-order valence-corrected chi connectivity index (χ3v) is 2.16. The molecule has 2 nitrogen and oxygen atoms in total. The highest BCUT2D eigenvalue weighted by atomic mass is 14.6. The predicted octanol–water partition coefficient (Wildman–Crippen LogP) is 2.52. The maximum atomic E-state index is 8.87.